The van der Waals surface area contributed by atoms with Gasteiger partial charge in [0.15, 0.2) is 5.69 Å². The van der Waals surface area contributed by atoms with E-state index in [1.807, 2.05) is 60.7 Å². The van der Waals surface area contributed by atoms with Gasteiger partial charge in [-0.2, -0.15) is 5.43 Å². The van der Waals surface area contributed by atoms with Crippen LogP contribution in [0.2, 0.25) is 0 Å². The minimum Gasteiger partial charge on any atom is -0.399 e. The molecule has 1 aliphatic rings. The molecule has 45 heavy (non-hydrogen) atoms. The molecule has 1 saturated heterocycles. The number of fused-ring (bicyclic) bond motifs is 1. The lowest BCUT2D eigenvalue weighted by Gasteiger charge is -2.44. The van der Waals surface area contributed by atoms with Crippen molar-refractivity contribution in [1.82, 2.24) is 30.3 Å². The summed E-state index contributed by atoms with van der Waals surface area (Å²) in [5.41, 5.74) is 28.1. The van der Waals surface area contributed by atoms with Gasteiger partial charge >= 0.3 is 0 Å². The third kappa shape index (κ3) is 6.93. The zero-order chi connectivity index (χ0) is 31.4. The van der Waals surface area contributed by atoms with Crippen LogP contribution >= 0.6 is 0 Å². The smallest absolute Gasteiger partial charge is 0.248 e. The van der Waals surface area contributed by atoms with E-state index in [0.29, 0.717) is 36.0 Å². The number of quaternary nitrogens is 1. The number of carbonyl (C=O) groups excluding carboxylic acids is 1. The number of nitrogens with zero attached hydrogens (tertiary/aromatic N) is 4. The number of benzene rings is 4. The van der Waals surface area contributed by atoms with Gasteiger partial charge < -0.3 is 22.5 Å². The number of carbonyl (C=O) groups is 1. The number of hydrogen-bond acceptors (Lipinski definition) is 8. The number of nitrogen functional groups attached to an aromatic ring is 2. The highest BCUT2D eigenvalue weighted by molar-refractivity contribution is 5.93. The molecule has 0 saturated carbocycles. The number of nitrogens with two attached hydrogens (primary N) is 3. The van der Waals surface area contributed by atoms with E-state index in [-0.39, 0.29) is 6.04 Å². The maximum Gasteiger partial charge on any atom is 0.248 e. The first kappa shape index (κ1) is 30.1. The number of hydrogen-bond donors (Lipinski definition) is 5. The summed E-state index contributed by atoms with van der Waals surface area (Å²) in [5, 5.41) is 5.83. The monoisotopic (exact) mass is 602 g/mol. The molecule has 0 aliphatic carbocycles. The van der Waals surface area contributed by atoms with E-state index < -0.39 is 5.91 Å². The molecule has 2 atom stereocenters. The molecule has 8 N–H and O–H groups in total. The average Bonchev–Trinajstić information content (AvgIpc) is 3.02. The lowest BCUT2D eigenvalue weighted by atomic mass is 9.97. The Morgan fingerprint density at radius 1 is 0.933 bits per heavy atom. The van der Waals surface area contributed by atoms with E-state index in [4.69, 9.17) is 22.2 Å². The van der Waals surface area contributed by atoms with Crippen molar-refractivity contribution in [2.75, 3.05) is 37.6 Å². The summed E-state index contributed by atoms with van der Waals surface area (Å²) in [6.07, 6.45) is 3.44. The highest BCUT2D eigenvalue weighted by Crippen LogP contribution is 2.32. The fourth-order valence-electron chi connectivity index (χ4n) is 6.33. The summed E-state index contributed by atoms with van der Waals surface area (Å²) in [5.74, 6) is 1.03. The van der Waals surface area contributed by atoms with Crippen molar-refractivity contribution in [3.63, 3.8) is 0 Å². The van der Waals surface area contributed by atoms with Crippen molar-refractivity contribution < 1.29 is 4.79 Å². The molecule has 2 heterocycles. The number of rotatable bonds is 10. The molecule has 2 unspecified atom stereocenters. The third-order valence-corrected chi connectivity index (χ3v) is 8.56. The summed E-state index contributed by atoms with van der Waals surface area (Å²) in [7, 11) is 0. The topological polar surface area (TPSA) is 158 Å². The van der Waals surface area contributed by atoms with Crippen LogP contribution in [0.4, 0.5) is 17.1 Å². The molecule has 6 rings (SSSR count). The molecule has 230 valence electrons. The van der Waals surface area contributed by atoms with Crippen LogP contribution in [-0.2, 0) is 19.3 Å². The second-order valence-electron chi connectivity index (χ2n) is 11.9. The number of primary amides is 1. The first-order valence-corrected chi connectivity index (χ1v) is 15.4. The molecule has 0 bridgehead atoms. The van der Waals surface area contributed by atoms with Crippen LogP contribution in [0.1, 0.15) is 45.6 Å². The lowest BCUT2D eigenvalue weighted by molar-refractivity contribution is 0.0999. The number of amides is 1. The lowest BCUT2D eigenvalue weighted by Crippen LogP contribution is -2.70. The molecule has 1 aromatic heterocycles. The van der Waals surface area contributed by atoms with Crippen molar-refractivity contribution in [3.05, 3.63) is 119 Å². The van der Waals surface area contributed by atoms with E-state index in [1.54, 1.807) is 6.33 Å². The maximum absolute atomic E-state index is 12.2. The summed E-state index contributed by atoms with van der Waals surface area (Å²) >= 11 is 0. The van der Waals surface area contributed by atoms with Gasteiger partial charge in [0.1, 0.15) is 31.1 Å². The summed E-state index contributed by atoms with van der Waals surface area (Å²) < 4.78 is 0.550. The number of piperazine rings is 1. The van der Waals surface area contributed by atoms with Gasteiger partial charge in [0.2, 0.25) is 5.91 Å². The summed E-state index contributed by atoms with van der Waals surface area (Å²) in [6, 6.07) is 26.2. The normalized spacial score (nSPS) is 18.2. The molecular weight excluding hydrogens is 562 g/mol. The molecule has 10 nitrogen and oxygen atoms in total. The fraction of sp³-hybridized carbons (Fsp3) is 0.257. The Morgan fingerprint density at radius 2 is 1.73 bits per heavy atom. The second kappa shape index (κ2) is 13.0. The van der Waals surface area contributed by atoms with Crippen LogP contribution in [0.15, 0.2) is 85.2 Å². The zero-order valence-corrected chi connectivity index (χ0v) is 25.5. The van der Waals surface area contributed by atoms with Crippen LogP contribution in [-0.4, -0.2) is 53.1 Å². The predicted octanol–water partition coefficient (Wildman–Crippen LogP) is 3.52. The summed E-state index contributed by atoms with van der Waals surface area (Å²) in [6.45, 7) is 5.34. The predicted molar refractivity (Wildman–Crippen MR) is 180 cm³/mol. The Balaban J connectivity index is 1.23. The minimum atomic E-state index is -0.448. The van der Waals surface area contributed by atoms with Crippen LogP contribution in [0.3, 0.4) is 0 Å². The first-order chi connectivity index (χ1) is 21.8. The highest BCUT2D eigenvalue weighted by atomic mass is 16.1. The largest absolute Gasteiger partial charge is 0.399 e. The van der Waals surface area contributed by atoms with Crippen LogP contribution < -0.4 is 32.5 Å². The molecule has 1 amide bonds. The number of anilines is 2. The van der Waals surface area contributed by atoms with Crippen LogP contribution in [0.5, 0.6) is 0 Å². The van der Waals surface area contributed by atoms with Crippen LogP contribution in [0.25, 0.3) is 10.8 Å². The maximum atomic E-state index is 12.2. The Bertz CT molecular complexity index is 1840. The van der Waals surface area contributed by atoms with Gasteiger partial charge in [0, 0.05) is 54.4 Å². The van der Waals surface area contributed by atoms with Gasteiger partial charge in [0.05, 0.1) is 12.6 Å². The van der Waals surface area contributed by atoms with Gasteiger partial charge in [-0.15, -0.1) is 0 Å². The molecule has 1 fully saturated rings. The van der Waals surface area contributed by atoms with Gasteiger partial charge in [-0.3, -0.25) is 4.79 Å². The Kier molecular flexibility index (Phi) is 8.70. The Morgan fingerprint density at radius 3 is 2.56 bits per heavy atom. The van der Waals surface area contributed by atoms with E-state index in [9.17, 15) is 4.79 Å². The van der Waals surface area contributed by atoms with E-state index >= 15 is 0 Å². The number of nitrogens with one attached hydrogen (secondary N) is 2. The third-order valence-electron chi connectivity index (χ3n) is 8.56. The molecular formula is C35H40N9O+. The molecule has 1 aliphatic heterocycles. The molecule has 5 aromatic rings. The quantitative estimate of drug-likeness (QED) is 0.120. The van der Waals surface area contributed by atoms with Gasteiger partial charge in [0.25, 0.3) is 0 Å². The minimum absolute atomic E-state index is 0.277. The highest BCUT2D eigenvalue weighted by Gasteiger charge is 2.38. The Labute approximate surface area is 263 Å². The second-order valence-corrected chi connectivity index (χ2v) is 11.9. The van der Waals surface area contributed by atoms with Crippen molar-refractivity contribution >= 4 is 33.7 Å². The van der Waals surface area contributed by atoms with Gasteiger partial charge in [-0.1, -0.05) is 42.5 Å². The number of para-hydroxylation sites is 1. The Hall–Kier alpha value is -4.90. The molecule has 0 spiro atoms. The average molecular weight is 603 g/mol. The van der Waals surface area contributed by atoms with E-state index in [2.05, 4.69) is 45.8 Å². The van der Waals surface area contributed by atoms with Crippen LogP contribution in [0, 0.1) is 0 Å². The standard InChI is InChI=1S/C35H39N9O/c1-23-21-44(15-14-39-23,32-11-9-28(35(38)45)19-29(32)18-27-4-2-3-5-31(27)37)42-13-12-33-40-22-41-34(43-33)17-24-6-7-26-20-30(36)10-8-25(26)16-24/h2-11,16,19-20,22-23,39,42H,12-15,17-18,21,36-37H2,1H3,(H-,38,45)/p+1. The fourth-order valence-corrected chi connectivity index (χ4v) is 6.33. The molecule has 0 radical (unpaired) electrons. The summed E-state index contributed by atoms with van der Waals surface area (Å²) in [4.78, 5) is 25.9. The van der Waals surface area contributed by atoms with Gasteiger partial charge in [-0.05, 0) is 59.2 Å². The van der Waals surface area contributed by atoms with Crippen molar-refractivity contribution in [2.45, 2.75) is 32.2 Å². The SMILES string of the molecule is CC1C[N+](NCCc2ncnc(Cc3ccc4cc(N)ccc4c3)n2)(c2ccc(C(N)=O)cc2Cc2ccccc2N)CCN1. The van der Waals surface area contributed by atoms with Crippen molar-refractivity contribution in [1.29, 1.82) is 0 Å². The van der Waals surface area contributed by atoms with Gasteiger partial charge in [-0.25, -0.2) is 19.5 Å². The number of aromatic nitrogens is 3. The van der Waals surface area contributed by atoms with Crippen molar-refractivity contribution in [3.8, 4) is 0 Å². The molecule has 4 aromatic carbocycles. The molecule has 10 heteroatoms. The van der Waals surface area contributed by atoms with Crippen molar-refractivity contribution in [2.24, 2.45) is 5.73 Å². The zero-order valence-electron chi connectivity index (χ0n) is 25.5. The first-order valence-electron chi connectivity index (χ1n) is 15.4. The van der Waals surface area contributed by atoms with E-state index in [1.165, 1.54) is 0 Å². The van der Waals surface area contributed by atoms with E-state index in [0.717, 1.165) is 75.8 Å².